The van der Waals surface area contributed by atoms with Gasteiger partial charge in [-0.25, -0.2) is 9.18 Å². The number of aliphatic carboxylic acids is 1. The molecule has 1 heterocycles. The molecule has 0 saturated heterocycles. The minimum atomic E-state index is -1.03. The molecule has 0 unspecified atom stereocenters. The van der Waals surface area contributed by atoms with E-state index in [-0.39, 0.29) is 0 Å². The molecule has 0 fully saturated rings. The maximum absolute atomic E-state index is 13.0. The van der Waals surface area contributed by atoms with Crippen LogP contribution in [0.1, 0.15) is 12.0 Å². The number of carbonyl (C=O) groups is 1. The van der Waals surface area contributed by atoms with Crippen molar-refractivity contribution in [3.63, 3.8) is 0 Å². The standard InChI is InChI=1S/C11H9FO3/c12-8-1-2-10-9(6-8)7(3-4-15-10)5-11(13)14/h1-2,5-6H,3-4H2,(H,13,14)/b7-5+. The molecule has 0 aromatic heterocycles. The van der Waals surface area contributed by atoms with Crippen LogP contribution in [0.5, 0.6) is 5.75 Å². The van der Waals surface area contributed by atoms with E-state index in [4.69, 9.17) is 9.84 Å². The molecule has 0 spiro atoms. The minimum absolute atomic E-state index is 0.393. The van der Waals surface area contributed by atoms with Gasteiger partial charge >= 0.3 is 5.97 Å². The average molecular weight is 208 g/mol. The topological polar surface area (TPSA) is 46.5 Å². The minimum Gasteiger partial charge on any atom is -0.493 e. The van der Waals surface area contributed by atoms with Crippen molar-refractivity contribution in [1.82, 2.24) is 0 Å². The highest BCUT2D eigenvalue weighted by Crippen LogP contribution is 2.33. The van der Waals surface area contributed by atoms with Crippen molar-refractivity contribution in [2.75, 3.05) is 6.61 Å². The number of hydrogen-bond donors (Lipinski definition) is 1. The van der Waals surface area contributed by atoms with E-state index in [9.17, 15) is 9.18 Å². The molecule has 0 saturated carbocycles. The van der Waals surface area contributed by atoms with Gasteiger partial charge in [0, 0.05) is 18.1 Å². The first kappa shape index (κ1) is 9.71. The predicted molar refractivity (Wildman–Crippen MR) is 52.1 cm³/mol. The molecule has 0 bridgehead atoms. The molecule has 1 aromatic carbocycles. The fraction of sp³-hybridized carbons (Fsp3) is 0.182. The first-order valence-electron chi connectivity index (χ1n) is 4.53. The van der Waals surface area contributed by atoms with Crippen LogP contribution >= 0.6 is 0 Å². The molecular formula is C11H9FO3. The van der Waals surface area contributed by atoms with Crippen LogP contribution in [-0.4, -0.2) is 17.7 Å². The second-order valence-electron chi connectivity index (χ2n) is 3.25. The molecule has 4 heteroatoms. The van der Waals surface area contributed by atoms with Gasteiger partial charge < -0.3 is 9.84 Å². The Morgan fingerprint density at radius 1 is 1.53 bits per heavy atom. The van der Waals surface area contributed by atoms with Crippen LogP contribution in [0.3, 0.4) is 0 Å². The van der Waals surface area contributed by atoms with Crippen molar-refractivity contribution in [3.05, 3.63) is 35.7 Å². The summed E-state index contributed by atoms with van der Waals surface area (Å²) in [6, 6.07) is 4.10. The van der Waals surface area contributed by atoms with E-state index in [0.29, 0.717) is 29.9 Å². The molecule has 1 aliphatic heterocycles. The summed E-state index contributed by atoms with van der Waals surface area (Å²) in [6.45, 7) is 0.428. The van der Waals surface area contributed by atoms with Crippen LogP contribution in [0.2, 0.25) is 0 Å². The molecule has 2 rings (SSSR count). The first-order valence-corrected chi connectivity index (χ1v) is 4.53. The molecule has 0 atom stereocenters. The SMILES string of the molecule is O=C(O)/C=C1\CCOc2ccc(F)cc21. The Balaban J connectivity index is 2.49. The van der Waals surface area contributed by atoms with Crippen molar-refractivity contribution in [3.8, 4) is 5.75 Å². The molecule has 0 radical (unpaired) electrons. The fourth-order valence-corrected chi connectivity index (χ4v) is 1.58. The third-order valence-corrected chi connectivity index (χ3v) is 2.21. The zero-order chi connectivity index (χ0) is 10.8. The number of ether oxygens (including phenoxy) is 1. The third kappa shape index (κ3) is 1.98. The van der Waals surface area contributed by atoms with Gasteiger partial charge in [0.15, 0.2) is 0 Å². The molecule has 3 nitrogen and oxygen atoms in total. The molecule has 1 aromatic rings. The van der Waals surface area contributed by atoms with Crippen molar-refractivity contribution in [1.29, 1.82) is 0 Å². The number of hydrogen-bond acceptors (Lipinski definition) is 2. The van der Waals surface area contributed by atoms with E-state index < -0.39 is 11.8 Å². The number of rotatable bonds is 1. The molecule has 0 aliphatic carbocycles. The lowest BCUT2D eigenvalue weighted by atomic mass is 9.99. The second kappa shape index (κ2) is 3.73. The van der Waals surface area contributed by atoms with Gasteiger partial charge in [0.05, 0.1) is 6.61 Å². The summed E-state index contributed by atoms with van der Waals surface area (Å²) >= 11 is 0. The van der Waals surface area contributed by atoms with Gasteiger partial charge in [0.1, 0.15) is 11.6 Å². The average Bonchev–Trinajstić information content (AvgIpc) is 2.18. The summed E-state index contributed by atoms with van der Waals surface area (Å²) in [5.74, 6) is -0.882. The lowest BCUT2D eigenvalue weighted by molar-refractivity contribution is -0.131. The van der Waals surface area contributed by atoms with Gasteiger partial charge in [0.2, 0.25) is 0 Å². The number of carboxylic acid groups (broad SMARTS) is 1. The van der Waals surface area contributed by atoms with E-state index in [1.54, 1.807) is 0 Å². The van der Waals surface area contributed by atoms with Gasteiger partial charge in [-0.2, -0.15) is 0 Å². The normalized spacial score (nSPS) is 17.0. The summed E-state index contributed by atoms with van der Waals surface area (Å²) < 4.78 is 18.3. The van der Waals surface area contributed by atoms with Crippen LogP contribution in [0.15, 0.2) is 24.3 Å². The Morgan fingerprint density at radius 2 is 2.33 bits per heavy atom. The highest BCUT2D eigenvalue weighted by molar-refractivity contribution is 5.91. The van der Waals surface area contributed by atoms with Crippen LogP contribution in [-0.2, 0) is 4.79 Å². The Labute approximate surface area is 85.8 Å². The summed E-state index contributed by atoms with van der Waals surface area (Å²) in [7, 11) is 0. The van der Waals surface area contributed by atoms with Crippen LogP contribution in [0.25, 0.3) is 5.57 Å². The quantitative estimate of drug-likeness (QED) is 0.718. The molecule has 1 N–H and O–H groups in total. The predicted octanol–water partition coefficient (Wildman–Crippen LogP) is 2.08. The molecule has 78 valence electrons. The molecular weight excluding hydrogens is 199 g/mol. The number of benzene rings is 1. The summed E-state index contributed by atoms with van der Waals surface area (Å²) in [4.78, 5) is 10.6. The number of fused-ring (bicyclic) bond motifs is 1. The monoisotopic (exact) mass is 208 g/mol. The van der Waals surface area contributed by atoms with E-state index >= 15 is 0 Å². The zero-order valence-electron chi connectivity index (χ0n) is 7.87. The number of carboxylic acids is 1. The van der Waals surface area contributed by atoms with Crippen molar-refractivity contribution < 1.29 is 19.0 Å². The smallest absolute Gasteiger partial charge is 0.328 e. The Morgan fingerprint density at radius 3 is 3.07 bits per heavy atom. The van der Waals surface area contributed by atoms with Crippen LogP contribution in [0.4, 0.5) is 4.39 Å². The van der Waals surface area contributed by atoms with E-state index in [1.807, 2.05) is 0 Å². The molecule has 1 aliphatic rings. The lowest BCUT2D eigenvalue weighted by Crippen LogP contribution is -2.09. The maximum Gasteiger partial charge on any atom is 0.328 e. The van der Waals surface area contributed by atoms with Crippen LogP contribution < -0.4 is 4.74 Å². The van der Waals surface area contributed by atoms with Crippen molar-refractivity contribution in [2.24, 2.45) is 0 Å². The van der Waals surface area contributed by atoms with Crippen LogP contribution in [0, 0.1) is 5.82 Å². The zero-order valence-corrected chi connectivity index (χ0v) is 7.87. The Bertz CT molecular complexity index is 437. The maximum atomic E-state index is 13.0. The summed E-state index contributed by atoms with van der Waals surface area (Å²) in [5, 5.41) is 8.65. The Kier molecular flexibility index (Phi) is 2.41. The summed E-state index contributed by atoms with van der Waals surface area (Å²) in [5.41, 5.74) is 1.13. The highest BCUT2D eigenvalue weighted by atomic mass is 19.1. The molecule has 0 amide bonds. The van der Waals surface area contributed by atoms with E-state index in [2.05, 4.69) is 0 Å². The highest BCUT2D eigenvalue weighted by Gasteiger charge is 2.16. The number of halogens is 1. The van der Waals surface area contributed by atoms with E-state index in [0.717, 1.165) is 6.08 Å². The molecule has 15 heavy (non-hydrogen) atoms. The van der Waals surface area contributed by atoms with Gasteiger partial charge in [-0.1, -0.05) is 0 Å². The van der Waals surface area contributed by atoms with Gasteiger partial charge in [-0.3, -0.25) is 0 Å². The first-order chi connectivity index (χ1) is 7.16. The third-order valence-electron chi connectivity index (χ3n) is 2.21. The van der Waals surface area contributed by atoms with Crippen molar-refractivity contribution in [2.45, 2.75) is 6.42 Å². The lowest BCUT2D eigenvalue weighted by Gasteiger charge is -2.19. The van der Waals surface area contributed by atoms with Crippen molar-refractivity contribution >= 4 is 11.5 Å². The second-order valence-corrected chi connectivity index (χ2v) is 3.25. The van der Waals surface area contributed by atoms with Gasteiger partial charge in [-0.05, 0) is 23.8 Å². The van der Waals surface area contributed by atoms with Gasteiger partial charge in [-0.15, -0.1) is 0 Å². The summed E-state index contributed by atoms with van der Waals surface area (Å²) in [6.07, 6.45) is 1.59. The van der Waals surface area contributed by atoms with Gasteiger partial charge in [0.25, 0.3) is 0 Å². The largest absolute Gasteiger partial charge is 0.493 e. The fourth-order valence-electron chi connectivity index (χ4n) is 1.58. The Hall–Kier alpha value is -1.84. The van der Waals surface area contributed by atoms with E-state index in [1.165, 1.54) is 18.2 Å².